The SMILES string of the molecule is CCCCOC(OCCCC)C1CCN(c2ccc([C@@H]3CCCN(c4ccc(F)c5cc[nH]c45)C3)cc2)CC1. The zero-order valence-electron chi connectivity index (χ0n) is 23.8. The number of H-pyrrole nitrogens is 1. The molecule has 1 aromatic heterocycles. The molecule has 2 fully saturated rings. The monoisotopic (exact) mass is 535 g/mol. The lowest BCUT2D eigenvalue weighted by Crippen LogP contribution is -2.40. The molecular formula is C33H46FN3O2. The van der Waals surface area contributed by atoms with Crippen molar-refractivity contribution >= 4 is 22.3 Å². The molecule has 0 saturated carbocycles. The topological polar surface area (TPSA) is 40.7 Å². The van der Waals surface area contributed by atoms with Gasteiger partial charge in [0, 0.05) is 68.5 Å². The first-order valence-corrected chi connectivity index (χ1v) is 15.3. The Morgan fingerprint density at radius 2 is 1.59 bits per heavy atom. The molecule has 0 radical (unpaired) electrons. The molecule has 5 nitrogen and oxygen atoms in total. The molecule has 0 amide bonds. The average Bonchev–Trinajstić information content (AvgIpc) is 3.48. The van der Waals surface area contributed by atoms with Crippen LogP contribution in [0.3, 0.4) is 0 Å². The molecule has 1 N–H and O–H groups in total. The van der Waals surface area contributed by atoms with E-state index in [1.165, 1.54) is 17.7 Å². The van der Waals surface area contributed by atoms with Crippen molar-refractivity contribution in [3.8, 4) is 0 Å². The summed E-state index contributed by atoms with van der Waals surface area (Å²) < 4.78 is 26.6. The standard InChI is InChI=1S/C33H46FN3O2/c1-3-5-22-38-33(39-23-6-4-2)26-16-20-36(21-17-26)28-11-9-25(10-12-28)27-8-7-19-37(24-27)31-14-13-30(34)29-15-18-35-32(29)31/h9-15,18,26-27,33,35H,3-8,16-17,19-24H2,1-2H3/t27-/m1/s1. The Balaban J connectivity index is 1.17. The Hall–Kier alpha value is -2.57. The lowest BCUT2D eigenvalue weighted by molar-refractivity contribution is -0.177. The van der Waals surface area contributed by atoms with Crippen molar-refractivity contribution in [2.45, 2.75) is 77.4 Å². The Kier molecular flexibility index (Phi) is 9.81. The lowest BCUT2D eigenvalue weighted by atomic mass is 9.89. The second kappa shape index (κ2) is 13.7. The van der Waals surface area contributed by atoms with Crippen LogP contribution in [0.4, 0.5) is 15.8 Å². The highest BCUT2D eigenvalue weighted by Crippen LogP contribution is 2.35. The first-order chi connectivity index (χ1) is 19.2. The second-order valence-corrected chi connectivity index (χ2v) is 11.4. The summed E-state index contributed by atoms with van der Waals surface area (Å²) in [6.45, 7) is 10.1. The summed E-state index contributed by atoms with van der Waals surface area (Å²) in [5, 5.41) is 0.675. The Morgan fingerprint density at radius 1 is 0.872 bits per heavy atom. The van der Waals surface area contributed by atoms with E-state index in [0.717, 1.165) is 95.5 Å². The maximum atomic E-state index is 14.2. The van der Waals surface area contributed by atoms with Gasteiger partial charge >= 0.3 is 0 Å². The Labute approximate surface area is 233 Å². The van der Waals surface area contributed by atoms with E-state index in [-0.39, 0.29) is 12.1 Å². The molecule has 212 valence electrons. The summed E-state index contributed by atoms with van der Waals surface area (Å²) >= 11 is 0. The number of rotatable bonds is 12. The number of fused-ring (bicyclic) bond motifs is 1. The third kappa shape index (κ3) is 6.78. The summed E-state index contributed by atoms with van der Waals surface area (Å²) in [7, 11) is 0. The number of hydrogen-bond donors (Lipinski definition) is 1. The number of hydrogen-bond acceptors (Lipinski definition) is 4. The molecule has 1 atom stereocenters. The number of benzene rings is 2. The largest absolute Gasteiger partial charge is 0.372 e. The van der Waals surface area contributed by atoms with Crippen LogP contribution in [0.25, 0.3) is 10.9 Å². The van der Waals surface area contributed by atoms with E-state index in [4.69, 9.17) is 9.47 Å². The molecule has 0 spiro atoms. The number of halogens is 1. The van der Waals surface area contributed by atoms with Crippen molar-refractivity contribution in [3.05, 3.63) is 60.0 Å². The maximum absolute atomic E-state index is 14.2. The molecule has 0 unspecified atom stereocenters. The number of anilines is 2. The number of piperidine rings is 2. The second-order valence-electron chi connectivity index (χ2n) is 11.4. The smallest absolute Gasteiger partial charge is 0.160 e. The minimum absolute atomic E-state index is 0.0600. The van der Waals surface area contributed by atoms with Gasteiger partial charge in [0.25, 0.3) is 0 Å². The van der Waals surface area contributed by atoms with E-state index in [1.54, 1.807) is 6.07 Å². The van der Waals surface area contributed by atoms with E-state index in [0.29, 0.717) is 17.2 Å². The van der Waals surface area contributed by atoms with Gasteiger partial charge in [-0.2, -0.15) is 0 Å². The normalized spacial score (nSPS) is 18.9. The van der Waals surface area contributed by atoms with Crippen molar-refractivity contribution in [2.75, 3.05) is 49.2 Å². The van der Waals surface area contributed by atoms with Gasteiger partial charge in [0.2, 0.25) is 0 Å². The van der Waals surface area contributed by atoms with Crippen LogP contribution < -0.4 is 9.80 Å². The summed E-state index contributed by atoms with van der Waals surface area (Å²) in [6, 6.07) is 14.6. The van der Waals surface area contributed by atoms with Crippen LogP contribution >= 0.6 is 0 Å². The molecule has 3 heterocycles. The minimum Gasteiger partial charge on any atom is -0.372 e. The molecule has 6 heteroatoms. The average molecular weight is 536 g/mol. The number of aromatic amines is 1. The number of nitrogens with zero attached hydrogens (tertiary/aromatic N) is 2. The maximum Gasteiger partial charge on any atom is 0.160 e. The van der Waals surface area contributed by atoms with E-state index in [2.05, 4.69) is 52.9 Å². The van der Waals surface area contributed by atoms with E-state index < -0.39 is 0 Å². The Morgan fingerprint density at radius 3 is 2.28 bits per heavy atom. The fourth-order valence-electron chi connectivity index (χ4n) is 6.23. The highest BCUT2D eigenvalue weighted by Gasteiger charge is 2.28. The van der Waals surface area contributed by atoms with E-state index >= 15 is 0 Å². The van der Waals surface area contributed by atoms with Gasteiger partial charge in [-0.1, -0.05) is 38.8 Å². The zero-order valence-corrected chi connectivity index (χ0v) is 23.8. The van der Waals surface area contributed by atoms with Crippen LogP contribution in [0.2, 0.25) is 0 Å². The predicted molar refractivity (Wildman–Crippen MR) is 159 cm³/mol. The van der Waals surface area contributed by atoms with Crippen LogP contribution in [0, 0.1) is 11.7 Å². The fraction of sp³-hybridized carbons (Fsp3) is 0.576. The molecule has 2 saturated heterocycles. The molecule has 0 aliphatic carbocycles. The van der Waals surface area contributed by atoms with Crippen molar-refractivity contribution in [3.63, 3.8) is 0 Å². The van der Waals surface area contributed by atoms with Crippen LogP contribution in [-0.4, -0.2) is 50.7 Å². The summed E-state index contributed by atoms with van der Waals surface area (Å²) in [5.74, 6) is 0.793. The number of aromatic nitrogens is 1. The van der Waals surface area contributed by atoms with Crippen molar-refractivity contribution in [1.29, 1.82) is 0 Å². The molecule has 5 rings (SSSR count). The van der Waals surface area contributed by atoms with Crippen LogP contribution in [0.15, 0.2) is 48.7 Å². The third-order valence-corrected chi connectivity index (χ3v) is 8.62. The van der Waals surface area contributed by atoms with Crippen molar-refractivity contribution in [1.82, 2.24) is 4.98 Å². The molecule has 2 aromatic carbocycles. The quantitative estimate of drug-likeness (QED) is 0.189. The van der Waals surface area contributed by atoms with Crippen LogP contribution in [-0.2, 0) is 9.47 Å². The first-order valence-electron chi connectivity index (χ1n) is 15.3. The highest BCUT2D eigenvalue weighted by molar-refractivity contribution is 5.92. The van der Waals surface area contributed by atoms with Crippen LogP contribution in [0.5, 0.6) is 0 Å². The Bertz CT molecular complexity index is 1150. The number of ether oxygens (including phenoxy) is 2. The molecule has 2 aliphatic heterocycles. The molecule has 0 bridgehead atoms. The van der Waals surface area contributed by atoms with Gasteiger partial charge in [-0.05, 0) is 74.4 Å². The van der Waals surface area contributed by atoms with Crippen molar-refractivity contribution < 1.29 is 13.9 Å². The van der Waals surface area contributed by atoms with Gasteiger partial charge in [0.1, 0.15) is 5.82 Å². The summed E-state index contributed by atoms with van der Waals surface area (Å²) in [6.07, 6.45) is 10.8. The van der Waals surface area contributed by atoms with Gasteiger partial charge < -0.3 is 24.3 Å². The van der Waals surface area contributed by atoms with Gasteiger partial charge in [-0.15, -0.1) is 0 Å². The van der Waals surface area contributed by atoms with Gasteiger partial charge in [0.15, 0.2) is 6.29 Å². The number of unbranched alkanes of at least 4 members (excludes halogenated alkanes) is 2. The number of nitrogens with one attached hydrogen (secondary N) is 1. The lowest BCUT2D eigenvalue weighted by Gasteiger charge is -2.37. The van der Waals surface area contributed by atoms with Gasteiger partial charge in [-0.25, -0.2) is 4.39 Å². The van der Waals surface area contributed by atoms with Crippen molar-refractivity contribution in [2.24, 2.45) is 5.92 Å². The minimum atomic E-state index is -0.160. The fourth-order valence-corrected chi connectivity index (χ4v) is 6.23. The summed E-state index contributed by atoms with van der Waals surface area (Å²) in [4.78, 5) is 8.20. The van der Waals surface area contributed by atoms with Gasteiger partial charge in [-0.3, -0.25) is 0 Å². The molecular weight excluding hydrogens is 489 g/mol. The molecule has 2 aliphatic rings. The third-order valence-electron chi connectivity index (χ3n) is 8.62. The first kappa shape index (κ1) is 28.0. The van der Waals surface area contributed by atoms with E-state index in [1.807, 2.05) is 18.3 Å². The van der Waals surface area contributed by atoms with E-state index in [9.17, 15) is 4.39 Å². The van der Waals surface area contributed by atoms with Crippen LogP contribution in [0.1, 0.15) is 76.7 Å². The predicted octanol–water partition coefficient (Wildman–Crippen LogP) is 7.87. The zero-order chi connectivity index (χ0) is 27.0. The molecule has 3 aromatic rings. The molecule has 39 heavy (non-hydrogen) atoms. The van der Waals surface area contributed by atoms with Gasteiger partial charge in [0.05, 0.1) is 11.2 Å². The highest BCUT2D eigenvalue weighted by atomic mass is 19.1. The summed E-state index contributed by atoms with van der Waals surface area (Å²) in [5.41, 5.74) is 4.73.